The van der Waals surface area contributed by atoms with Gasteiger partial charge in [-0.15, -0.1) is 0 Å². The number of nitrogens with zero attached hydrogens (tertiary/aromatic N) is 2. The van der Waals surface area contributed by atoms with Crippen LogP contribution in [0.5, 0.6) is 0 Å². The number of carbonyl (C=O) groups excluding carboxylic acids is 1. The number of nitrogens with one attached hydrogen (secondary N) is 1. The standard InChI is InChI=1S/C16H21N3O/c1-19(2)11-5-10-17-15(20)12-14-7-3-6-13-8-4-9-18-16(13)14/h3-4,6-9H,5,10-12H2,1-2H3,(H,17,20). The molecule has 0 saturated carbocycles. The number of benzene rings is 1. The molecule has 0 aliphatic rings. The fourth-order valence-electron chi connectivity index (χ4n) is 2.17. The Kier molecular flexibility index (Phi) is 5.07. The molecule has 0 fully saturated rings. The van der Waals surface area contributed by atoms with Crippen LogP contribution in [0.4, 0.5) is 0 Å². The van der Waals surface area contributed by atoms with Gasteiger partial charge < -0.3 is 10.2 Å². The van der Waals surface area contributed by atoms with E-state index in [0.29, 0.717) is 6.42 Å². The normalized spacial score (nSPS) is 10.9. The molecular formula is C16H21N3O. The maximum absolute atomic E-state index is 11.9. The second-order valence-electron chi connectivity index (χ2n) is 5.18. The van der Waals surface area contributed by atoms with Gasteiger partial charge in [0.2, 0.25) is 5.91 Å². The minimum Gasteiger partial charge on any atom is -0.356 e. The van der Waals surface area contributed by atoms with E-state index >= 15 is 0 Å². The first-order valence-corrected chi connectivity index (χ1v) is 6.91. The summed E-state index contributed by atoms with van der Waals surface area (Å²) in [5.41, 5.74) is 1.90. The number of carbonyl (C=O) groups is 1. The van der Waals surface area contributed by atoms with Crippen LogP contribution in [0.3, 0.4) is 0 Å². The summed E-state index contributed by atoms with van der Waals surface area (Å²) in [6.07, 6.45) is 3.11. The van der Waals surface area contributed by atoms with Gasteiger partial charge in [-0.3, -0.25) is 9.78 Å². The van der Waals surface area contributed by atoms with E-state index in [1.807, 2.05) is 44.4 Å². The van der Waals surface area contributed by atoms with E-state index in [-0.39, 0.29) is 5.91 Å². The highest BCUT2D eigenvalue weighted by Crippen LogP contribution is 2.16. The van der Waals surface area contributed by atoms with Crippen LogP contribution in [0, 0.1) is 0 Å². The van der Waals surface area contributed by atoms with Crippen molar-refractivity contribution in [1.82, 2.24) is 15.2 Å². The number of pyridine rings is 1. The highest BCUT2D eigenvalue weighted by Gasteiger charge is 2.07. The van der Waals surface area contributed by atoms with Gasteiger partial charge in [0.25, 0.3) is 0 Å². The van der Waals surface area contributed by atoms with E-state index in [0.717, 1.165) is 36.0 Å². The van der Waals surface area contributed by atoms with Crippen molar-refractivity contribution in [2.45, 2.75) is 12.8 Å². The first kappa shape index (κ1) is 14.5. The number of para-hydroxylation sites is 1. The van der Waals surface area contributed by atoms with Crippen molar-refractivity contribution in [2.75, 3.05) is 27.2 Å². The van der Waals surface area contributed by atoms with E-state index in [1.54, 1.807) is 6.20 Å². The lowest BCUT2D eigenvalue weighted by molar-refractivity contribution is -0.120. The van der Waals surface area contributed by atoms with Crippen molar-refractivity contribution >= 4 is 16.8 Å². The molecule has 2 rings (SSSR count). The SMILES string of the molecule is CN(C)CCCNC(=O)Cc1cccc2cccnc12. The van der Waals surface area contributed by atoms with E-state index in [9.17, 15) is 4.79 Å². The molecular weight excluding hydrogens is 250 g/mol. The lowest BCUT2D eigenvalue weighted by atomic mass is 10.1. The number of amides is 1. The summed E-state index contributed by atoms with van der Waals surface area (Å²) in [6, 6.07) is 9.88. The van der Waals surface area contributed by atoms with Gasteiger partial charge in [0.1, 0.15) is 0 Å². The van der Waals surface area contributed by atoms with Gasteiger partial charge in [0, 0.05) is 18.1 Å². The maximum Gasteiger partial charge on any atom is 0.224 e. The Balaban J connectivity index is 1.93. The first-order chi connectivity index (χ1) is 9.66. The number of hydrogen-bond acceptors (Lipinski definition) is 3. The number of aromatic nitrogens is 1. The average Bonchev–Trinajstić information content (AvgIpc) is 2.44. The molecule has 0 saturated heterocycles. The summed E-state index contributed by atoms with van der Waals surface area (Å²) in [7, 11) is 4.06. The second-order valence-corrected chi connectivity index (χ2v) is 5.18. The quantitative estimate of drug-likeness (QED) is 0.816. The van der Waals surface area contributed by atoms with E-state index in [1.165, 1.54) is 0 Å². The summed E-state index contributed by atoms with van der Waals surface area (Å²) in [5.74, 6) is 0.0573. The van der Waals surface area contributed by atoms with Crippen LogP contribution >= 0.6 is 0 Å². The third-order valence-corrected chi connectivity index (χ3v) is 3.17. The Morgan fingerprint density at radius 1 is 1.25 bits per heavy atom. The molecule has 1 aromatic heterocycles. The van der Waals surface area contributed by atoms with Crippen molar-refractivity contribution < 1.29 is 4.79 Å². The summed E-state index contributed by atoms with van der Waals surface area (Å²) < 4.78 is 0. The summed E-state index contributed by atoms with van der Waals surface area (Å²) in [6.45, 7) is 1.70. The van der Waals surface area contributed by atoms with Crippen molar-refractivity contribution in [2.24, 2.45) is 0 Å². The topological polar surface area (TPSA) is 45.2 Å². The van der Waals surface area contributed by atoms with Gasteiger partial charge in [0.05, 0.1) is 11.9 Å². The van der Waals surface area contributed by atoms with Crippen LogP contribution in [0.25, 0.3) is 10.9 Å². The Labute approximate surface area is 119 Å². The van der Waals surface area contributed by atoms with Crippen molar-refractivity contribution in [1.29, 1.82) is 0 Å². The minimum atomic E-state index is 0.0573. The zero-order chi connectivity index (χ0) is 14.4. The third kappa shape index (κ3) is 4.03. The first-order valence-electron chi connectivity index (χ1n) is 6.91. The molecule has 106 valence electrons. The van der Waals surface area contributed by atoms with Gasteiger partial charge in [-0.1, -0.05) is 24.3 Å². The van der Waals surface area contributed by atoms with Gasteiger partial charge in [-0.05, 0) is 38.7 Å². The fraction of sp³-hybridized carbons (Fsp3) is 0.375. The second kappa shape index (κ2) is 7.01. The van der Waals surface area contributed by atoms with Crippen LogP contribution < -0.4 is 5.32 Å². The van der Waals surface area contributed by atoms with Gasteiger partial charge in [-0.2, -0.15) is 0 Å². The summed E-state index contributed by atoms with van der Waals surface area (Å²) in [4.78, 5) is 18.4. The fourth-order valence-corrected chi connectivity index (χ4v) is 2.17. The smallest absolute Gasteiger partial charge is 0.224 e. The molecule has 0 aliphatic heterocycles. The molecule has 4 heteroatoms. The zero-order valence-electron chi connectivity index (χ0n) is 12.1. The lowest BCUT2D eigenvalue weighted by Crippen LogP contribution is -2.28. The molecule has 0 aliphatic carbocycles. The van der Waals surface area contributed by atoms with Gasteiger partial charge in [-0.25, -0.2) is 0 Å². The van der Waals surface area contributed by atoms with E-state index in [2.05, 4.69) is 15.2 Å². The van der Waals surface area contributed by atoms with Gasteiger partial charge >= 0.3 is 0 Å². The van der Waals surface area contributed by atoms with Crippen LogP contribution in [0.1, 0.15) is 12.0 Å². The molecule has 0 unspecified atom stereocenters. The number of fused-ring (bicyclic) bond motifs is 1. The molecule has 0 radical (unpaired) electrons. The molecule has 1 heterocycles. The minimum absolute atomic E-state index is 0.0573. The molecule has 1 N–H and O–H groups in total. The Bertz CT molecular complexity index is 575. The lowest BCUT2D eigenvalue weighted by Gasteiger charge is -2.10. The largest absolute Gasteiger partial charge is 0.356 e. The van der Waals surface area contributed by atoms with Gasteiger partial charge in [0.15, 0.2) is 0 Å². The zero-order valence-corrected chi connectivity index (χ0v) is 12.1. The van der Waals surface area contributed by atoms with E-state index in [4.69, 9.17) is 0 Å². The molecule has 1 amide bonds. The molecule has 1 aromatic carbocycles. The Morgan fingerprint density at radius 3 is 2.85 bits per heavy atom. The predicted molar refractivity (Wildman–Crippen MR) is 81.6 cm³/mol. The molecule has 0 spiro atoms. The highest BCUT2D eigenvalue weighted by atomic mass is 16.1. The third-order valence-electron chi connectivity index (χ3n) is 3.17. The molecule has 2 aromatic rings. The Hall–Kier alpha value is -1.94. The molecule has 4 nitrogen and oxygen atoms in total. The van der Waals surface area contributed by atoms with Crippen molar-refractivity contribution in [3.8, 4) is 0 Å². The van der Waals surface area contributed by atoms with Crippen molar-refractivity contribution in [3.05, 3.63) is 42.1 Å². The van der Waals surface area contributed by atoms with Crippen molar-refractivity contribution in [3.63, 3.8) is 0 Å². The van der Waals surface area contributed by atoms with Crippen LogP contribution in [0.2, 0.25) is 0 Å². The maximum atomic E-state index is 11.9. The predicted octanol–water partition coefficient (Wildman–Crippen LogP) is 1.85. The molecule has 0 atom stereocenters. The Morgan fingerprint density at radius 2 is 2.05 bits per heavy atom. The van der Waals surface area contributed by atoms with Crippen LogP contribution in [0.15, 0.2) is 36.5 Å². The number of hydrogen-bond donors (Lipinski definition) is 1. The number of rotatable bonds is 6. The van der Waals surface area contributed by atoms with Crippen LogP contribution in [-0.2, 0) is 11.2 Å². The monoisotopic (exact) mass is 271 g/mol. The molecule has 0 bridgehead atoms. The van der Waals surface area contributed by atoms with E-state index < -0.39 is 0 Å². The highest BCUT2D eigenvalue weighted by molar-refractivity contribution is 5.87. The summed E-state index contributed by atoms with van der Waals surface area (Å²) in [5, 5.41) is 4.03. The molecule has 20 heavy (non-hydrogen) atoms. The van der Waals surface area contributed by atoms with Crippen LogP contribution in [-0.4, -0.2) is 43.0 Å². The average molecular weight is 271 g/mol. The summed E-state index contributed by atoms with van der Waals surface area (Å²) >= 11 is 0.